The number of piperazine rings is 1. The Bertz CT molecular complexity index is 586. The summed E-state index contributed by atoms with van der Waals surface area (Å²) in [7, 11) is -3.59. The largest absolute Gasteiger partial charge is 0.340 e. The fraction of sp³-hybridized carbons (Fsp3) is 0.538. The lowest BCUT2D eigenvalue weighted by atomic mass is 10.2. The summed E-state index contributed by atoms with van der Waals surface area (Å²) in [6.07, 6.45) is 2.95. The van der Waals surface area contributed by atoms with Crippen LogP contribution in [0.4, 0.5) is 0 Å². The Morgan fingerprint density at radius 2 is 2.22 bits per heavy atom. The van der Waals surface area contributed by atoms with Gasteiger partial charge in [0.2, 0.25) is 15.9 Å². The molecule has 7 nitrogen and oxygen atoms in total. The smallest absolute Gasteiger partial charge is 0.242 e. The van der Waals surface area contributed by atoms with Crippen LogP contribution in [0.1, 0.15) is 13.3 Å². The van der Waals surface area contributed by atoms with E-state index in [1.165, 1.54) is 18.5 Å². The number of nitrogens with zero attached hydrogens (tertiary/aromatic N) is 2. The highest BCUT2D eigenvalue weighted by atomic mass is 35.5. The SMILES string of the molecule is CC1CN(C(=O)CCNS(=O)(=O)c2cccnc2)CCN1.Cl.Cl. The topological polar surface area (TPSA) is 91.4 Å². The molecule has 1 aromatic heterocycles. The van der Waals surface area contributed by atoms with Crippen LogP contribution < -0.4 is 10.0 Å². The number of aromatic nitrogens is 1. The number of pyridine rings is 1. The van der Waals surface area contributed by atoms with Gasteiger partial charge in [0.25, 0.3) is 0 Å². The number of rotatable bonds is 5. The van der Waals surface area contributed by atoms with Crippen molar-refractivity contribution in [3.8, 4) is 0 Å². The number of carbonyl (C=O) groups excluding carboxylic acids is 1. The molecule has 1 atom stereocenters. The van der Waals surface area contributed by atoms with Crippen LogP contribution >= 0.6 is 24.8 Å². The molecule has 0 aliphatic carbocycles. The van der Waals surface area contributed by atoms with Gasteiger partial charge in [-0.15, -0.1) is 24.8 Å². The third kappa shape index (κ3) is 6.60. The average Bonchev–Trinajstić information content (AvgIpc) is 2.48. The second-order valence-electron chi connectivity index (χ2n) is 5.03. The quantitative estimate of drug-likeness (QED) is 0.767. The molecule has 1 aliphatic rings. The molecule has 0 saturated carbocycles. The Balaban J connectivity index is 0.00000242. The van der Waals surface area contributed by atoms with E-state index in [1.807, 2.05) is 6.92 Å². The van der Waals surface area contributed by atoms with Crippen molar-refractivity contribution in [2.24, 2.45) is 0 Å². The fourth-order valence-corrected chi connectivity index (χ4v) is 3.19. The van der Waals surface area contributed by atoms with Gasteiger partial charge in [-0.1, -0.05) is 0 Å². The summed E-state index contributed by atoms with van der Waals surface area (Å²) in [5, 5.41) is 3.26. The van der Waals surface area contributed by atoms with Crippen LogP contribution in [0, 0.1) is 0 Å². The molecule has 2 heterocycles. The second kappa shape index (κ2) is 10.0. The Hall–Kier alpha value is -0.930. The van der Waals surface area contributed by atoms with E-state index in [1.54, 1.807) is 11.0 Å². The summed E-state index contributed by atoms with van der Waals surface area (Å²) in [5.41, 5.74) is 0. The summed E-state index contributed by atoms with van der Waals surface area (Å²) in [6, 6.07) is 3.30. The second-order valence-corrected chi connectivity index (χ2v) is 6.80. The van der Waals surface area contributed by atoms with E-state index < -0.39 is 10.0 Å². The highest BCUT2D eigenvalue weighted by molar-refractivity contribution is 7.89. The molecule has 132 valence electrons. The maximum atomic E-state index is 12.0. The van der Waals surface area contributed by atoms with Crippen molar-refractivity contribution in [1.29, 1.82) is 0 Å². The number of halogens is 2. The van der Waals surface area contributed by atoms with Gasteiger partial charge in [0.15, 0.2) is 0 Å². The van der Waals surface area contributed by atoms with Gasteiger partial charge >= 0.3 is 0 Å². The summed E-state index contributed by atoms with van der Waals surface area (Å²) < 4.78 is 26.3. The number of hydrogen-bond donors (Lipinski definition) is 2. The highest BCUT2D eigenvalue weighted by Gasteiger charge is 2.21. The molecule has 23 heavy (non-hydrogen) atoms. The van der Waals surface area contributed by atoms with E-state index in [9.17, 15) is 13.2 Å². The van der Waals surface area contributed by atoms with Crippen molar-refractivity contribution in [3.05, 3.63) is 24.5 Å². The lowest BCUT2D eigenvalue weighted by molar-refractivity contribution is -0.132. The Morgan fingerprint density at radius 3 is 2.83 bits per heavy atom. The van der Waals surface area contributed by atoms with Crippen LogP contribution in [0.5, 0.6) is 0 Å². The fourth-order valence-electron chi connectivity index (χ4n) is 2.20. The lowest BCUT2D eigenvalue weighted by Crippen LogP contribution is -2.51. The molecular weight excluding hydrogens is 363 g/mol. The minimum atomic E-state index is -3.59. The molecule has 1 saturated heterocycles. The molecule has 1 aliphatic heterocycles. The van der Waals surface area contributed by atoms with Gasteiger partial charge in [-0.25, -0.2) is 13.1 Å². The van der Waals surface area contributed by atoms with Gasteiger partial charge in [0.1, 0.15) is 4.90 Å². The van der Waals surface area contributed by atoms with Gasteiger partial charge < -0.3 is 10.2 Å². The standard InChI is InChI=1S/C13H20N4O3S.2ClH/c1-11-10-17(8-7-15-11)13(18)4-6-16-21(19,20)12-3-2-5-14-9-12;;/h2-3,5,9,11,15-16H,4,6-8,10H2,1H3;2*1H. The van der Waals surface area contributed by atoms with E-state index in [2.05, 4.69) is 15.0 Å². The van der Waals surface area contributed by atoms with Crippen molar-refractivity contribution in [3.63, 3.8) is 0 Å². The predicted octanol–water partition coefficient (Wildman–Crippen LogP) is 0.414. The van der Waals surface area contributed by atoms with E-state index in [4.69, 9.17) is 0 Å². The van der Waals surface area contributed by atoms with Crippen LogP contribution in [0.25, 0.3) is 0 Å². The zero-order chi connectivity index (χ0) is 15.3. The first-order chi connectivity index (χ1) is 9.99. The van der Waals surface area contributed by atoms with Crippen molar-refractivity contribution in [1.82, 2.24) is 19.9 Å². The minimum absolute atomic E-state index is 0. The normalized spacial score (nSPS) is 17.8. The maximum Gasteiger partial charge on any atom is 0.242 e. The molecule has 0 radical (unpaired) electrons. The zero-order valence-electron chi connectivity index (χ0n) is 12.8. The van der Waals surface area contributed by atoms with Crippen LogP contribution in [0.15, 0.2) is 29.4 Å². The van der Waals surface area contributed by atoms with Gasteiger partial charge in [-0.2, -0.15) is 0 Å². The van der Waals surface area contributed by atoms with Gasteiger partial charge in [0, 0.05) is 51.0 Å². The molecule has 1 amide bonds. The van der Waals surface area contributed by atoms with Gasteiger partial charge in [0.05, 0.1) is 0 Å². The molecular formula is C13H22Cl2N4O3S. The number of sulfonamides is 1. The Kier molecular flexibility index (Phi) is 9.64. The van der Waals surface area contributed by atoms with Crippen LogP contribution in [0.2, 0.25) is 0 Å². The number of amides is 1. The lowest BCUT2D eigenvalue weighted by Gasteiger charge is -2.32. The molecule has 0 spiro atoms. The van der Waals surface area contributed by atoms with Crippen LogP contribution in [0.3, 0.4) is 0 Å². The molecule has 1 aromatic rings. The minimum Gasteiger partial charge on any atom is -0.340 e. The first-order valence-corrected chi connectivity index (χ1v) is 8.38. The molecule has 0 bridgehead atoms. The van der Waals surface area contributed by atoms with Crippen molar-refractivity contribution in [2.75, 3.05) is 26.2 Å². The van der Waals surface area contributed by atoms with Gasteiger partial charge in [-0.05, 0) is 19.1 Å². The first kappa shape index (κ1) is 22.1. The summed E-state index contributed by atoms with van der Waals surface area (Å²) in [5.74, 6) is -0.0303. The first-order valence-electron chi connectivity index (χ1n) is 6.90. The Morgan fingerprint density at radius 1 is 1.48 bits per heavy atom. The van der Waals surface area contributed by atoms with Crippen molar-refractivity contribution >= 4 is 40.7 Å². The summed E-state index contributed by atoms with van der Waals surface area (Å²) in [4.78, 5) is 17.7. The van der Waals surface area contributed by atoms with Gasteiger partial charge in [-0.3, -0.25) is 9.78 Å². The third-order valence-corrected chi connectivity index (χ3v) is 4.74. The highest BCUT2D eigenvalue weighted by Crippen LogP contribution is 2.06. The average molecular weight is 385 g/mol. The van der Waals surface area contributed by atoms with E-state index in [-0.39, 0.29) is 54.6 Å². The predicted molar refractivity (Wildman–Crippen MR) is 92.6 cm³/mol. The molecule has 2 N–H and O–H groups in total. The molecule has 1 fully saturated rings. The molecule has 0 aromatic carbocycles. The van der Waals surface area contributed by atoms with Crippen LogP contribution in [-0.4, -0.2) is 56.4 Å². The third-order valence-electron chi connectivity index (χ3n) is 3.30. The van der Waals surface area contributed by atoms with E-state index >= 15 is 0 Å². The number of carbonyl (C=O) groups is 1. The monoisotopic (exact) mass is 384 g/mol. The summed E-state index contributed by atoms with van der Waals surface area (Å²) >= 11 is 0. The Labute approximate surface area is 149 Å². The molecule has 1 unspecified atom stereocenters. The maximum absolute atomic E-state index is 12.0. The number of nitrogens with one attached hydrogen (secondary N) is 2. The zero-order valence-corrected chi connectivity index (χ0v) is 15.2. The van der Waals surface area contributed by atoms with Crippen molar-refractivity contribution in [2.45, 2.75) is 24.3 Å². The van der Waals surface area contributed by atoms with E-state index in [0.29, 0.717) is 13.1 Å². The summed E-state index contributed by atoms with van der Waals surface area (Å²) in [6.45, 7) is 4.21. The number of hydrogen-bond acceptors (Lipinski definition) is 5. The van der Waals surface area contributed by atoms with Crippen molar-refractivity contribution < 1.29 is 13.2 Å². The van der Waals surface area contributed by atoms with E-state index in [0.717, 1.165) is 6.54 Å². The van der Waals surface area contributed by atoms with Crippen LogP contribution in [-0.2, 0) is 14.8 Å². The molecule has 10 heteroatoms. The molecule has 2 rings (SSSR count).